The Kier molecular flexibility index (Phi) is 4.35. The Labute approximate surface area is 136 Å². The average Bonchev–Trinajstić information content (AvgIpc) is 2.60. The molecule has 6 nitrogen and oxygen atoms in total. The fourth-order valence-corrected chi connectivity index (χ4v) is 2.32. The lowest BCUT2D eigenvalue weighted by molar-refractivity contribution is 0.0912. The van der Waals surface area contributed by atoms with E-state index in [4.69, 9.17) is 0 Å². The normalized spacial score (nSPS) is 12.1. The van der Waals surface area contributed by atoms with Crippen LogP contribution in [0, 0.1) is 5.82 Å². The SMILES string of the molecule is O=C(NCC(O)c1ccccc1F)c1cnc2ccccn2c1=O. The van der Waals surface area contributed by atoms with Crippen molar-refractivity contribution in [2.45, 2.75) is 6.10 Å². The minimum atomic E-state index is -1.22. The summed E-state index contributed by atoms with van der Waals surface area (Å²) in [5, 5.41) is 12.4. The number of halogens is 1. The lowest BCUT2D eigenvalue weighted by atomic mass is 10.1. The highest BCUT2D eigenvalue weighted by atomic mass is 19.1. The van der Waals surface area contributed by atoms with E-state index in [-0.39, 0.29) is 17.7 Å². The minimum absolute atomic E-state index is 0.0751. The summed E-state index contributed by atoms with van der Waals surface area (Å²) in [5.41, 5.74) is -0.172. The van der Waals surface area contributed by atoms with E-state index in [9.17, 15) is 19.1 Å². The van der Waals surface area contributed by atoms with Gasteiger partial charge in [0.2, 0.25) is 0 Å². The van der Waals surface area contributed by atoms with Crippen molar-refractivity contribution in [3.05, 3.63) is 82.2 Å². The summed E-state index contributed by atoms with van der Waals surface area (Å²) in [6, 6.07) is 10.8. The largest absolute Gasteiger partial charge is 0.386 e. The fourth-order valence-electron chi connectivity index (χ4n) is 2.32. The van der Waals surface area contributed by atoms with Crippen LogP contribution >= 0.6 is 0 Å². The third-order valence-electron chi connectivity index (χ3n) is 3.58. The van der Waals surface area contributed by atoms with Crippen LogP contribution in [0.3, 0.4) is 0 Å². The molecule has 0 spiro atoms. The molecule has 0 radical (unpaired) electrons. The number of aromatic nitrogens is 2. The molecule has 1 amide bonds. The lowest BCUT2D eigenvalue weighted by Gasteiger charge is -2.13. The van der Waals surface area contributed by atoms with E-state index in [0.29, 0.717) is 5.65 Å². The van der Waals surface area contributed by atoms with Crippen LogP contribution < -0.4 is 10.9 Å². The van der Waals surface area contributed by atoms with E-state index in [2.05, 4.69) is 10.3 Å². The predicted octanol–water partition coefficient (Wildman–Crippen LogP) is 1.30. The molecule has 2 N–H and O–H groups in total. The zero-order valence-corrected chi connectivity index (χ0v) is 12.5. The molecule has 0 bridgehead atoms. The molecule has 24 heavy (non-hydrogen) atoms. The summed E-state index contributed by atoms with van der Waals surface area (Å²) in [4.78, 5) is 28.5. The number of aliphatic hydroxyl groups is 1. The molecule has 122 valence electrons. The fraction of sp³-hybridized carbons (Fsp3) is 0.118. The summed E-state index contributed by atoms with van der Waals surface area (Å²) in [6.45, 7) is -0.225. The molecule has 7 heteroatoms. The highest BCUT2D eigenvalue weighted by Gasteiger charge is 2.16. The van der Waals surface area contributed by atoms with Crippen LogP contribution in [0.2, 0.25) is 0 Å². The van der Waals surface area contributed by atoms with Gasteiger partial charge in [0.25, 0.3) is 11.5 Å². The Bertz CT molecular complexity index is 955. The number of amides is 1. The van der Waals surface area contributed by atoms with E-state index < -0.39 is 23.4 Å². The monoisotopic (exact) mass is 327 g/mol. The molecule has 0 aliphatic rings. The number of rotatable bonds is 4. The zero-order valence-electron chi connectivity index (χ0n) is 12.5. The minimum Gasteiger partial charge on any atom is -0.386 e. The molecule has 0 saturated carbocycles. The number of hydrogen-bond acceptors (Lipinski definition) is 4. The van der Waals surface area contributed by atoms with Gasteiger partial charge in [0.05, 0.1) is 6.10 Å². The maximum Gasteiger partial charge on any atom is 0.270 e. The van der Waals surface area contributed by atoms with E-state index in [1.165, 1.54) is 35.0 Å². The van der Waals surface area contributed by atoms with Gasteiger partial charge < -0.3 is 10.4 Å². The maximum atomic E-state index is 13.6. The number of fused-ring (bicyclic) bond motifs is 1. The second-order valence-electron chi connectivity index (χ2n) is 5.15. The van der Waals surface area contributed by atoms with Crippen LogP contribution in [-0.2, 0) is 0 Å². The first-order chi connectivity index (χ1) is 11.6. The number of nitrogens with one attached hydrogen (secondary N) is 1. The Morgan fingerprint density at radius 3 is 2.79 bits per heavy atom. The van der Waals surface area contributed by atoms with Crippen LogP contribution in [0.5, 0.6) is 0 Å². The van der Waals surface area contributed by atoms with Crippen LogP contribution in [0.1, 0.15) is 22.0 Å². The molecule has 2 heterocycles. The summed E-state index contributed by atoms with van der Waals surface area (Å²) in [5.74, 6) is -1.24. The number of hydrogen-bond donors (Lipinski definition) is 2. The number of carbonyl (C=O) groups excluding carboxylic acids is 1. The van der Waals surface area contributed by atoms with Crippen molar-refractivity contribution in [2.24, 2.45) is 0 Å². The highest BCUT2D eigenvalue weighted by Crippen LogP contribution is 2.15. The summed E-state index contributed by atoms with van der Waals surface area (Å²) in [7, 11) is 0. The van der Waals surface area contributed by atoms with E-state index in [1.54, 1.807) is 24.3 Å². The predicted molar refractivity (Wildman–Crippen MR) is 85.2 cm³/mol. The van der Waals surface area contributed by atoms with Crippen molar-refractivity contribution in [2.75, 3.05) is 6.54 Å². The van der Waals surface area contributed by atoms with Crippen molar-refractivity contribution in [1.29, 1.82) is 0 Å². The van der Waals surface area contributed by atoms with Crippen molar-refractivity contribution in [3.8, 4) is 0 Å². The third kappa shape index (κ3) is 3.02. The summed E-state index contributed by atoms with van der Waals surface area (Å²) >= 11 is 0. The van der Waals surface area contributed by atoms with E-state index in [1.807, 2.05) is 0 Å². The number of nitrogens with zero attached hydrogens (tertiary/aromatic N) is 2. The molecule has 0 aliphatic carbocycles. The standard InChI is InChI=1S/C17H14FN3O3/c18-13-6-2-1-5-11(13)14(22)10-20-16(23)12-9-19-15-7-3-4-8-21(15)17(12)24/h1-9,14,22H,10H2,(H,20,23). The molecule has 0 aliphatic heterocycles. The molecular formula is C17H14FN3O3. The van der Waals surface area contributed by atoms with Crippen molar-refractivity contribution < 1.29 is 14.3 Å². The smallest absolute Gasteiger partial charge is 0.270 e. The third-order valence-corrected chi connectivity index (χ3v) is 3.58. The topological polar surface area (TPSA) is 83.7 Å². The molecule has 1 unspecified atom stereocenters. The van der Waals surface area contributed by atoms with Gasteiger partial charge >= 0.3 is 0 Å². The first-order valence-electron chi connectivity index (χ1n) is 7.25. The molecule has 0 fully saturated rings. The second-order valence-corrected chi connectivity index (χ2v) is 5.15. The van der Waals surface area contributed by atoms with Crippen molar-refractivity contribution in [1.82, 2.24) is 14.7 Å². The number of benzene rings is 1. The molecule has 2 aromatic heterocycles. The average molecular weight is 327 g/mol. The van der Waals surface area contributed by atoms with Gasteiger partial charge in [0, 0.05) is 24.5 Å². The molecular weight excluding hydrogens is 313 g/mol. The first kappa shape index (κ1) is 15.8. The molecule has 1 atom stereocenters. The zero-order chi connectivity index (χ0) is 17.1. The van der Waals surface area contributed by atoms with Crippen LogP contribution in [-0.4, -0.2) is 26.9 Å². The van der Waals surface area contributed by atoms with E-state index >= 15 is 0 Å². The van der Waals surface area contributed by atoms with Gasteiger partial charge in [0.15, 0.2) is 0 Å². The summed E-state index contributed by atoms with van der Waals surface area (Å²) in [6.07, 6.45) is 1.48. The number of aliphatic hydroxyl groups excluding tert-OH is 1. The maximum absolute atomic E-state index is 13.6. The quantitative estimate of drug-likeness (QED) is 0.756. The molecule has 0 saturated heterocycles. The van der Waals surface area contributed by atoms with Gasteiger partial charge in [-0.25, -0.2) is 9.37 Å². The molecule has 3 aromatic rings. The Morgan fingerprint density at radius 1 is 1.25 bits per heavy atom. The van der Waals surface area contributed by atoms with Crippen LogP contribution in [0.25, 0.3) is 5.65 Å². The Balaban J connectivity index is 1.77. The van der Waals surface area contributed by atoms with Gasteiger partial charge in [0.1, 0.15) is 17.0 Å². The molecule has 3 rings (SSSR count). The number of pyridine rings is 1. The summed E-state index contributed by atoms with van der Waals surface area (Å²) < 4.78 is 14.8. The van der Waals surface area contributed by atoms with Crippen molar-refractivity contribution in [3.63, 3.8) is 0 Å². The van der Waals surface area contributed by atoms with Gasteiger partial charge in [-0.15, -0.1) is 0 Å². The van der Waals surface area contributed by atoms with Gasteiger partial charge in [-0.2, -0.15) is 0 Å². The van der Waals surface area contributed by atoms with Crippen LogP contribution in [0.15, 0.2) is 59.7 Å². The van der Waals surface area contributed by atoms with Gasteiger partial charge in [-0.3, -0.25) is 14.0 Å². The van der Waals surface area contributed by atoms with Gasteiger partial charge in [-0.05, 0) is 18.2 Å². The molecule has 1 aromatic carbocycles. The lowest BCUT2D eigenvalue weighted by Crippen LogP contribution is -2.34. The second kappa shape index (κ2) is 6.59. The van der Waals surface area contributed by atoms with Crippen LogP contribution in [0.4, 0.5) is 4.39 Å². The highest BCUT2D eigenvalue weighted by molar-refractivity contribution is 5.93. The first-order valence-corrected chi connectivity index (χ1v) is 7.25. The Morgan fingerprint density at radius 2 is 2.00 bits per heavy atom. The van der Waals surface area contributed by atoms with E-state index in [0.717, 1.165) is 0 Å². The van der Waals surface area contributed by atoms with Gasteiger partial charge in [-0.1, -0.05) is 24.3 Å². The number of carbonyl (C=O) groups is 1. The Hall–Kier alpha value is -3.06. The van der Waals surface area contributed by atoms with Crippen molar-refractivity contribution >= 4 is 11.6 Å².